The van der Waals surface area contributed by atoms with E-state index in [0.717, 1.165) is 28.0 Å². The summed E-state index contributed by atoms with van der Waals surface area (Å²) in [4.78, 5) is 17.1. The van der Waals surface area contributed by atoms with E-state index in [1.165, 1.54) is 0 Å². The molecule has 0 atom stereocenters. The maximum absolute atomic E-state index is 12.6. The van der Waals surface area contributed by atoms with Crippen molar-refractivity contribution in [2.75, 3.05) is 16.8 Å². The van der Waals surface area contributed by atoms with Crippen molar-refractivity contribution in [3.05, 3.63) is 34.8 Å². The van der Waals surface area contributed by atoms with Gasteiger partial charge in [0.1, 0.15) is 0 Å². The quantitative estimate of drug-likeness (QED) is 0.910. The van der Waals surface area contributed by atoms with Gasteiger partial charge >= 0.3 is 6.18 Å². The smallest absolute Gasteiger partial charge is 0.332 e. The predicted molar refractivity (Wildman–Crippen MR) is 83.2 cm³/mol. The van der Waals surface area contributed by atoms with Crippen molar-refractivity contribution in [1.82, 2.24) is 4.98 Å². The molecule has 1 aromatic heterocycles. The molecule has 2 heterocycles. The van der Waals surface area contributed by atoms with Gasteiger partial charge in [0.15, 0.2) is 10.8 Å². The van der Waals surface area contributed by atoms with Crippen LogP contribution < -0.4 is 10.2 Å². The molecule has 0 saturated heterocycles. The Morgan fingerprint density at radius 2 is 2.13 bits per heavy atom. The zero-order chi connectivity index (χ0) is 16.6. The van der Waals surface area contributed by atoms with E-state index >= 15 is 0 Å². The molecule has 1 aromatic carbocycles. The molecule has 1 amide bonds. The molecule has 0 bridgehead atoms. The fourth-order valence-corrected chi connectivity index (χ4v) is 3.31. The number of hydrogen-bond donors (Lipinski definition) is 1. The summed E-state index contributed by atoms with van der Waals surface area (Å²) in [7, 11) is 0. The van der Waals surface area contributed by atoms with Gasteiger partial charge in [-0.3, -0.25) is 4.79 Å². The first-order valence-electron chi connectivity index (χ1n) is 7.11. The van der Waals surface area contributed by atoms with Crippen LogP contribution >= 0.6 is 11.3 Å². The first kappa shape index (κ1) is 15.8. The fourth-order valence-electron chi connectivity index (χ4n) is 2.57. The first-order chi connectivity index (χ1) is 10.9. The van der Waals surface area contributed by atoms with Crippen molar-refractivity contribution < 1.29 is 18.0 Å². The number of halogens is 3. The molecule has 1 aliphatic heterocycles. The minimum absolute atomic E-state index is 0.0930. The molecule has 0 aliphatic carbocycles. The highest BCUT2D eigenvalue weighted by Gasteiger charge is 2.33. The van der Waals surface area contributed by atoms with E-state index in [1.54, 1.807) is 11.0 Å². The number of thiazole rings is 1. The number of nitrogens with one attached hydrogen (secondary N) is 1. The van der Waals surface area contributed by atoms with Crippen LogP contribution in [0.4, 0.5) is 29.7 Å². The molecule has 0 radical (unpaired) electrons. The average Bonchev–Trinajstić information content (AvgIpc) is 2.96. The van der Waals surface area contributed by atoms with Crippen LogP contribution in [-0.2, 0) is 17.4 Å². The van der Waals surface area contributed by atoms with Crippen molar-refractivity contribution in [3.8, 4) is 0 Å². The number of hydrogen-bond acceptors (Lipinski definition) is 4. The number of alkyl halides is 3. The van der Waals surface area contributed by atoms with Crippen molar-refractivity contribution in [2.24, 2.45) is 0 Å². The maximum atomic E-state index is 12.6. The van der Waals surface area contributed by atoms with Gasteiger partial charge in [-0.1, -0.05) is 0 Å². The van der Waals surface area contributed by atoms with Crippen LogP contribution in [0.15, 0.2) is 23.6 Å². The first-order valence-corrected chi connectivity index (χ1v) is 7.99. The van der Waals surface area contributed by atoms with E-state index in [4.69, 9.17) is 0 Å². The summed E-state index contributed by atoms with van der Waals surface area (Å²) in [5.41, 5.74) is 1.64. The van der Waals surface area contributed by atoms with Crippen LogP contribution in [0.2, 0.25) is 0 Å². The van der Waals surface area contributed by atoms with Crippen LogP contribution in [0.25, 0.3) is 0 Å². The highest BCUT2D eigenvalue weighted by atomic mass is 32.1. The molecule has 23 heavy (non-hydrogen) atoms. The SMILES string of the molecule is CCN1C(=O)CCc2cc(Nc3nc(C(F)(F)F)cs3)ccc21. The zero-order valence-electron chi connectivity index (χ0n) is 12.3. The molecule has 8 heteroatoms. The Morgan fingerprint density at radius 1 is 1.35 bits per heavy atom. The molecule has 0 saturated carbocycles. The van der Waals surface area contributed by atoms with E-state index in [1.807, 2.05) is 19.1 Å². The second-order valence-corrected chi connectivity index (χ2v) is 6.00. The van der Waals surface area contributed by atoms with Gasteiger partial charge in [-0.15, -0.1) is 11.3 Å². The molecular weight excluding hydrogens is 327 g/mol. The van der Waals surface area contributed by atoms with E-state index < -0.39 is 11.9 Å². The molecule has 0 fully saturated rings. The highest BCUT2D eigenvalue weighted by Crippen LogP contribution is 2.34. The zero-order valence-corrected chi connectivity index (χ0v) is 13.1. The number of amides is 1. The Balaban J connectivity index is 1.83. The average molecular weight is 341 g/mol. The largest absolute Gasteiger partial charge is 0.434 e. The lowest BCUT2D eigenvalue weighted by Crippen LogP contribution is -2.34. The van der Waals surface area contributed by atoms with Crippen LogP contribution in [0, 0.1) is 0 Å². The molecule has 0 spiro atoms. The lowest BCUT2D eigenvalue weighted by Gasteiger charge is -2.28. The number of aryl methyl sites for hydroxylation is 1. The molecule has 122 valence electrons. The maximum Gasteiger partial charge on any atom is 0.434 e. The van der Waals surface area contributed by atoms with E-state index in [2.05, 4.69) is 10.3 Å². The topological polar surface area (TPSA) is 45.2 Å². The summed E-state index contributed by atoms with van der Waals surface area (Å²) in [5, 5.41) is 4.07. The Hall–Kier alpha value is -2.09. The van der Waals surface area contributed by atoms with Gasteiger partial charge in [0, 0.05) is 29.7 Å². The van der Waals surface area contributed by atoms with Crippen LogP contribution in [0.1, 0.15) is 24.6 Å². The van der Waals surface area contributed by atoms with Gasteiger partial charge < -0.3 is 10.2 Å². The number of rotatable bonds is 3. The van der Waals surface area contributed by atoms with E-state index in [9.17, 15) is 18.0 Å². The second kappa shape index (κ2) is 5.84. The predicted octanol–water partition coefficient (Wildman–Crippen LogP) is 4.20. The fraction of sp³-hybridized carbons (Fsp3) is 0.333. The summed E-state index contributed by atoms with van der Waals surface area (Å²) in [5.74, 6) is 0.0930. The Morgan fingerprint density at radius 3 is 2.78 bits per heavy atom. The van der Waals surface area contributed by atoms with Crippen LogP contribution in [-0.4, -0.2) is 17.4 Å². The van der Waals surface area contributed by atoms with Gasteiger partial charge in [-0.05, 0) is 37.1 Å². The Kier molecular flexibility index (Phi) is 4.01. The summed E-state index contributed by atoms with van der Waals surface area (Å²) < 4.78 is 37.7. The number of aromatic nitrogens is 1. The monoisotopic (exact) mass is 341 g/mol. The number of nitrogens with zero attached hydrogens (tertiary/aromatic N) is 2. The lowest BCUT2D eigenvalue weighted by atomic mass is 10.0. The number of anilines is 3. The second-order valence-electron chi connectivity index (χ2n) is 5.14. The number of fused-ring (bicyclic) bond motifs is 1. The summed E-state index contributed by atoms with van der Waals surface area (Å²) >= 11 is 0.907. The van der Waals surface area contributed by atoms with Gasteiger partial charge in [0.2, 0.25) is 5.91 Å². The van der Waals surface area contributed by atoms with Crippen molar-refractivity contribution in [1.29, 1.82) is 0 Å². The van der Waals surface area contributed by atoms with Crippen molar-refractivity contribution in [3.63, 3.8) is 0 Å². The van der Waals surface area contributed by atoms with E-state index in [0.29, 0.717) is 25.1 Å². The van der Waals surface area contributed by atoms with Crippen LogP contribution in [0.3, 0.4) is 0 Å². The molecular formula is C15H14F3N3OS. The minimum atomic E-state index is -4.44. The summed E-state index contributed by atoms with van der Waals surface area (Å²) in [6, 6.07) is 5.42. The standard InChI is InChI=1S/C15H14F3N3OS/c1-2-21-11-5-4-10(7-9(11)3-6-13(21)22)19-14-20-12(8-23-14)15(16,17)18/h4-5,7-8H,2-3,6H2,1H3,(H,19,20). The molecule has 4 nitrogen and oxygen atoms in total. The normalized spacial score (nSPS) is 14.8. The van der Waals surface area contributed by atoms with Gasteiger partial charge in [0.25, 0.3) is 0 Å². The van der Waals surface area contributed by atoms with Gasteiger partial charge in [-0.2, -0.15) is 13.2 Å². The van der Waals surface area contributed by atoms with Gasteiger partial charge in [0.05, 0.1) is 0 Å². The minimum Gasteiger partial charge on any atom is -0.332 e. The van der Waals surface area contributed by atoms with Crippen molar-refractivity contribution in [2.45, 2.75) is 25.9 Å². The Bertz CT molecular complexity index is 742. The van der Waals surface area contributed by atoms with Crippen molar-refractivity contribution >= 4 is 33.8 Å². The highest BCUT2D eigenvalue weighted by molar-refractivity contribution is 7.13. The third-order valence-corrected chi connectivity index (χ3v) is 4.40. The third-order valence-electron chi connectivity index (χ3n) is 3.64. The van der Waals surface area contributed by atoms with Gasteiger partial charge in [-0.25, -0.2) is 4.98 Å². The lowest BCUT2D eigenvalue weighted by molar-refractivity contribution is -0.140. The molecule has 1 N–H and O–H groups in total. The number of carbonyl (C=O) groups is 1. The van der Waals surface area contributed by atoms with Crippen LogP contribution in [0.5, 0.6) is 0 Å². The van der Waals surface area contributed by atoms with E-state index in [-0.39, 0.29) is 11.0 Å². The third kappa shape index (κ3) is 3.17. The number of benzene rings is 1. The summed E-state index contributed by atoms with van der Waals surface area (Å²) in [6.45, 7) is 2.51. The molecule has 3 rings (SSSR count). The Labute approximate surface area is 135 Å². The molecule has 0 unspecified atom stereocenters. The molecule has 1 aliphatic rings. The molecule has 2 aromatic rings. The summed E-state index contributed by atoms with van der Waals surface area (Å²) in [6.07, 6.45) is -3.36. The number of carbonyl (C=O) groups excluding carboxylic acids is 1.